The number of carbonyl (C=O) groups excluding carboxylic acids is 1. The van der Waals surface area contributed by atoms with Crippen molar-refractivity contribution in [3.05, 3.63) is 29.3 Å². The summed E-state index contributed by atoms with van der Waals surface area (Å²) >= 11 is 0. The van der Waals surface area contributed by atoms with Gasteiger partial charge in [0.15, 0.2) is 0 Å². The van der Waals surface area contributed by atoms with E-state index < -0.39 is 0 Å². The molecule has 0 radical (unpaired) electrons. The molecule has 0 atom stereocenters. The van der Waals surface area contributed by atoms with Gasteiger partial charge in [-0.05, 0) is 12.5 Å². The third kappa shape index (κ3) is 3.75. The van der Waals surface area contributed by atoms with Gasteiger partial charge in [0.05, 0.1) is 13.0 Å². The van der Waals surface area contributed by atoms with Gasteiger partial charge in [0, 0.05) is 26.2 Å². The summed E-state index contributed by atoms with van der Waals surface area (Å²) in [6.07, 6.45) is 0.380. The van der Waals surface area contributed by atoms with Crippen molar-refractivity contribution in [2.75, 3.05) is 20.7 Å². The molecule has 0 bridgehead atoms. The van der Waals surface area contributed by atoms with Crippen molar-refractivity contribution in [1.29, 1.82) is 0 Å². The van der Waals surface area contributed by atoms with Crippen molar-refractivity contribution >= 4 is 5.91 Å². The van der Waals surface area contributed by atoms with Crippen molar-refractivity contribution in [1.82, 2.24) is 4.90 Å². The molecule has 0 spiro atoms. The predicted octanol–water partition coefficient (Wildman–Crippen LogP) is 1.31. The third-order valence-corrected chi connectivity index (χ3v) is 2.57. The highest BCUT2D eigenvalue weighted by atomic mass is 16.5. The maximum Gasteiger partial charge on any atom is 0.225 e. The first-order valence-electron chi connectivity index (χ1n) is 5.67. The summed E-state index contributed by atoms with van der Waals surface area (Å²) in [5.74, 6) is 0.870. The molecule has 0 unspecified atom stereocenters. The average Bonchev–Trinajstić information content (AvgIpc) is 2.30. The van der Waals surface area contributed by atoms with Crippen LogP contribution in [0.3, 0.4) is 0 Å². The molecule has 0 aliphatic carbocycles. The van der Waals surface area contributed by atoms with Gasteiger partial charge in [-0.2, -0.15) is 0 Å². The Morgan fingerprint density at radius 2 is 2.12 bits per heavy atom. The maximum absolute atomic E-state index is 11.4. The second-order valence-corrected chi connectivity index (χ2v) is 4.15. The number of para-hydroxylation sites is 1. The van der Waals surface area contributed by atoms with E-state index >= 15 is 0 Å². The molecule has 17 heavy (non-hydrogen) atoms. The lowest BCUT2D eigenvalue weighted by Crippen LogP contribution is -2.23. The van der Waals surface area contributed by atoms with E-state index in [2.05, 4.69) is 0 Å². The molecule has 0 saturated carbocycles. The first kappa shape index (κ1) is 13.5. The Labute approximate surface area is 102 Å². The number of hydrogen-bond acceptors (Lipinski definition) is 3. The second-order valence-electron chi connectivity index (χ2n) is 4.15. The molecule has 0 heterocycles. The maximum atomic E-state index is 11.4. The Morgan fingerprint density at radius 1 is 1.41 bits per heavy atom. The summed E-state index contributed by atoms with van der Waals surface area (Å²) < 4.78 is 5.65. The van der Waals surface area contributed by atoms with E-state index in [9.17, 15) is 4.79 Å². The van der Waals surface area contributed by atoms with Gasteiger partial charge in [0.25, 0.3) is 0 Å². The van der Waals surface area contributed by atoms with E-state index in [0.717, 1.165) is 16.9 Å². The number of ether oxygens (including phenoxy) is 1. The Morgan fingerprint density at radius 3 is 2.71 bits per heavy atom. The van der Waals surface area contributed by atoms with Crippen LogP contribution < -0.4 is 10.5 Å². The number of nitrogens with two attached hydrogens (primary N) is 1. The standard InChI is InChI=1S/C13H20N2O2/c1-10-5-4-6-11(9-14)13(10)17-8-7-12(16)15(2)3/h4-6H,7-9,14H2,1-3H3. The topological polar surface area (TPSA) is 55.6 Å². The summed E-state index contributed by atoms with van der Waals surface area (Å²) in [5.41, 5.74) is 7.66. The lowest BCUT2D eigenvalue weighted by molar-refractivity contribution is -0.129. The van der Waals surface area contributed by atoms with Crippen molar-refractivity contribution in [2.24, 2.45) is 5.73 Å². The summed E-state index contributed by atoms with van der Waals surface area (Å²) in [7, 11) is 3.48. The average molecular weight is 236 g/mol. The SMILES string of the molecule is Cc1cccc(CN)c1OCCC(=O)N(C)C. The third-order valence-electron chi connectivity index (χ3n) is 2.57. The van der Waals surface area contributed by atoms with Gasteiger partial charge in [0.1, 0.15) is 5.75 Å². The minimum absolute atomic E-state index is 0.0629. The molecule has 1 aromatic carbocycles. The molecule has 0 fully saturated rings. The summed E-state index contributed by atoms with van der Waals surface area (Å²) in [5, 5.41) is 0. The molecular weight excluding hydrogens is 216 g/mol. The van der Waals surface area contributed by atoms with Crippen molar-refractivity contribution in [2.45, 2.75) is 19.9 Å². The molecule has 4 nitrogen and oxygen atoms in total. The van der Waals surface area contributed by atoms with Crippen LogP contribution in [-0.2, 0) is 11.3 Å². The summed E-state index contributed by atoms with van der Waals surface area (Å²) in [4.78, 5) is 13.0. The highest BCUT2D eigenvalue weighted by Crippen LogP contribution is 2.22. The summed E-state index contributed by atoms with van der Waals surface area (Å²) in [6.45, 7) is 2.80. The molecular formula is C13H20N2O2. The largest absolute Gasteiger partial charge is 0.492 e. The van der Waals surface area contributed by atoms with Crippen LogP contribution in [0.2, 0.25) is 0 Å². The van der Waals surface area contributed by atoms with E-state index in [4.69, 9.17) is 10.5 Å². The van der Waals surface area contributed by atoms with Gasteiger partial charge in [-0.15, -0.1) is 0 Å². The molecule has 0 saturated heterocycles. The minimum Gasteiger partial charge on any atom is -0.492 e. The van der Waals surface area contributed by atoms with Crippen LogP contribution in [0.4, 0.5) is 0 Å². The van der Waals surface area contributed by atoms with Gasteiger partial charge < -0.3 is 15.4 Å². The second kappa shape index (κ2) is 6.25. The van der Waals surface area contributed by atoms with Crippen LogP contribution >= 0.6 is 0 Å². The zero-order valence-electron chi connectivity index (χ0n) is 10.7. The molecule has 0 aromatic heterocycles. The van der Waals surface area contributed by atoms with Crippen LogP contribution in [0.25, 0.3) is 0 Å². The van der Waals surface area contributed by atoms with Crippen LogP contribution in [0.1, 0.15) is 17.5 Å². The Kier molecular flexibility index (Phi) is 4.97. The zero-order valence-corrected chi connectivity index (χ0v) is 10.7. The molecule has 1 rings (SSSR count). The minimum atomic E-state index is 0.0629. The van der Waals surface area contributed by atoms with Gasteiger partial charge in [-0.3, -0.25) is 4.79 Å². The van der Waals surface area contributed by atoms with Crippen LogP contribution in [-0.4, -0.2) is 31.5 Å². The van der Waals surface area contributed by atoms with Gasteiger partial charge >= 0.3 is 0 Å². The predicted molar refractivity (Wildman–Crippen MR) is 67.9 cm³/mol. The number of amides is 1. The van der Waals surface area contributed by atoms with Crippen molar-refractivity contribution in [3.63, 3.8) is 0 Å². The zero-order chi connectivity index (χ0) is 12.8. The summed E-state index contributed by atoms with van der Waals surface area (Å²) in [6, 6.07) is 5.87. The first-order valence-corrected chi connectivity index (χ1v) is 5.67. The first-order chi connectivity index (χ1) is 8.06. The highest BCUT2D eigenvalue weighted by Gasteiger charge is 2.08. The number of aryl methyl sites for hydroxylation is 1. The van der Waals surface area contributed by atoms with Gasteiger partial charge in [0.2, 0.25) is 5.91 Å². The highest BCUT2D eigenvalue weighted by molar-refractivity contribution is 5.75. The molecule has 0 aliphatic rings. The molecule has 1 aromatic rings. The lowest BCUT2D eigenvalue weighted by Gasteiger charge is -2.14. The fourth-order valence-corrected chi connectivity index (χ4v) is 1.54. The molecule has 0 aliphatic heterocycles. The van der Waals surface area contributed by atoms with E-state index in [1.165, 1.54) is 0 Å². The number of carbonyl (C=O) groups is 1. The number of benzene rings is 1. The lowest BCUT2D eigenvalue weighted by atomic mass is 10.1. The molecule has 94 valence electrons. The smallest absolute Gasteiger partial charge is 0.225 e. The van der Waals surface area contributed by atoms with Gasteiger partial charge in [-0.25, -0.2) is 0 Å². The van der Waals surface area contributed by atoms with Crippen molar-refractivity contribution in [3.8, 4) is 5.75 Å². The molecule has 2 N–H and O–H groups in total. The number of nitrogens with zero attached hydrogens (tertiary/aromatic N) is 1. The van der Waals surface area contributed by atoms with Crippen LogP contribution in [0, 0.1) is 6.92 Å². The van der Waals surface area contributed by atoms with Crippen LogP contribution in [0.5, 0.6) is 5.75 Å². The Hall–Kier alpha value is -1.55. The van der Waals surface area contributed by atoms with E-state index in [-0.39, 0.29) is 5.91 Å². The van der Waals surface area contributed by atoms with Crippen LogP contribution in [0.15, 0.2) is 18.2 Å². The number of hydrogen-bond donors (Lipinski definition) is 1. The Bertz CT molecular complexity index is 389. The molecule has 4 heteroatoms. The Balaban J connectivity index is 2.60. The fourth-order valence-electron chi connectivity index (χ4n) is 1.54. The normalized spacial score (nSPS) is 10.1. The number of rotatable bonds is 5. The van der Waals surface area contributed by atoms with Gasteiger partial charge in [-0.1, -0.05) is 18.2 Å². The fraction of sp³-hybridized carbons (Fsp3) is 0.462. The van der Waals surface area contributed by atoms with E-state index in [1.54, 1.807) is 19.0 Å². The van der Waals surface area contributed by atoms with E-state index in [1.807, 2.05) is 25.1 Å². The van der Waals surface area contributed by atoms with E-state index in [0.29, 0.717) is 19.6 Å². The van der Waals surface area contributed by atoms with Crippen molar-refractivity contribution < 1.29 is 9.53 Å². The molecule has 1 amide bonds. The quantitative estimate of drug-likeness (QED) is 0.838. The monoisotopic (exact) mass is 236 g/mol.